The molecule has 2 aromatic carbocycles. The maximum atomic E-state index is 14.1. The SMILES string of the molecule is COCc1nc2c(Cl)cccn2c1Cc1ccc2c(c1)COc1cc(F)ccc1/C2=C(/C)c1noc(=O)[nH]1. The Hall–Kier alpha value is -4.21. The van der Waals surface area contributed by atoms with Gasteiger partial charge >= 0.3 is 5.76 Å². The van der Waals surface area contributed by atoms with Crippen molar-refractivity contribution in [3.63, 3.8) is 0 Å². The average Bonchev–Trinajstić information content (AvgIpc) is 3.45. The molecule has 0 radical (unpaired) electrons. The summed E-state index contributed by atoms with van der Waals surface area (Å²) in [5.74, 6) is -0.357. The highest BCUT2D eigenvalue weighted by molar-refractivity contribution is 6.33. The Kier molecular flexibility index (Phi) is 6.09. The highest BCUT2D eigenvalue weighted by atomic mass is 35.5. The molecule has 8 nitrogen and oxygen atoms in total. The largest absolute Gasteiger partial charge is 0.488 e. The van der Waals surface area contributed by atoms with E-state index < -0.39 is 11.6 Å². The van der Waals surface area contributed by atoms with E-state index in [1.165, 1.54) is 12.1 Å². The molecule has 10 heteroatoms. The predicted octanol–water partition coefficient (Wildman–Crippen LogP) is 5.41. The molecular formula is C28H22ClFN4O4. The number of benzene rings is 2. The van der Waals surface area contributed by atoms with Crippen molar-refractivity contribution in [1.29, 1.82) is 0 Å². The Morgan fingerprint density at radius 3 is 2.84 bits per heavy atom. The first kappa shape index (κ1) is 24.1. The van der Waals surface area contributed by atoms with E-state index in [9.17, 15) is 9.18 Å². The van der Waals surface area contributed by atoms with Gasteiger partial charge in [-0.3, -0.25) is 9.51 Å². The third-order valence-electron chi connectivity index (χ3n) is 6.64. The quantitative estimate of drug-likeness (QED) is 0.325. The molecule has 0 unspecified atom stereocenters. The van der Waals surface area contributed by atoms with Gasteiger partial charge in [0.2, 0.25) is 0 Å². The summed E-state index contributed by atoms with van der Waals surface area (Å²) in [4.78, 5) is 19.0. The fourth-order valence-electron chi connectivity index (χ4n) is 4.92. The van der Waals surface area contributed by atoms with Crippen LogP contribution in [0.15, 0.2) is 64.0 Å². The smallest absolute Gasteiger partial charge is 0.439 e. The average molecular weight is 533 g/mol. The maximum absolute atomic E-state index is 14.1. The van der Waals surface area contributed by atoms with Crippen LogP contribution >= 0.6 is 11.6 Å². The fraction of sp³-hybridized carbons (Fsp3) is 0.179. The van der Waals surface area contributed by atoms with Gasteiger partial charge in [-0.2, -0.15) is 0 Å². The normalized spacial score (nSPS) is 14.1. The molecule has 6 rings (SSSR count). The molecule has 5 aromatic rings. The third kappa shape index (κ3) is 4.19. The molecule has 0 fully saturated rings. The highest BCUT2D eigenvalue weighted by Crippen LogP contribution is 2.41. The lowest BCUT2D eigenvalue weighted by Crippen LogP contribution is -2.03. The first-order chi connectivity index (χ1) is 18.4. The van der Waals surface area contributed by atoms with Gasteiger partial charge in [0.25, 0.3) is 0 Å². The summed E-state index contributed by atoms with van der Waals surface area (Å²) in [5.41, 5.74) is 7.39. The summed E-state index contributed by atoms with van der Waals surface area (Å²) < 4.78 is 32.3. The highest BCUT2D eigenvalue weighted by Gasteiger charge is 2.24. The number of fused-ring (bicyclic) bond motifs is 3. The van der Waals surface area contributed by atoms with Crippen molar-refractivity contribution < 1.29 is 18.4 Å². The van der Waals surface area contributed by atoms with E-state index in [4.69, 9.17) is 30.6 Å². The zero-order chi connectivity index (χ0) is 26.4. The number of pyridine rings is 1. The monoisotopic (exact) mass is 532 g/mol. The van der Waals surface area contributed by atoms with Crippen molar-refractivity contribution in [2.75, 3.05) is 7.11 Å². The molecule has 1 aliphatic heterocycles. The number of hydrogen-bond donors (Lipinski definition) is 1. The van der Waals surface area contributed by atoms with Gasteiger partial charge in [-0.1, -0.05) is 35.0 Å². The molecule has 0 amide bonds. The Morgan fingerprint density at radius 1 is 1.21 bits per heavy atom. The molecule has 0 saturated carbocycles. The van der Waals surface area contributed by atoms with Gasteiger partial charge in [-0.25, -0.2) is 14.2 Å². The number of ether oxygens (including phenoxy) is 2. The van der Waals surface area contributed by atoms with Crippen molar-refractivity contribution in [2.45, 2.75) is 26.6 Å². The molecule has 192 valence electrons. The lowest BCUT2D eigenvalue weighted by atomic mass is 9.89. The summed E-state index contributed by atoms with van der Waals surface area (Å²) in [5, 5.41) is 4.43. The minimum absolute atomic E-state index is 0.232. The number of aromatic nitrogens is 4. The molecule has 0 saturated heterocycles. The van der Waals surface area contributed by atoms with Crippen LogP contribution < -0.4 is 10.5 Å². The van der Waals surface area contributed by atoms with Gasteiger partial charge in [0.15, 0.2) is 11.5 Å². The third-order valence-corrected chi connectivity index (χ3v) is 6.94. The summed E-state index contributed by atoms with van der Waals surface area (Å²) in [6.45, 7) is 2.42. The Labute approximate surface area is 221 Å². The zero-order valence-corrected chi connectivity index (χ0v) is 21.3. The number of aromatic amines is 1. The molecule has 0 atom stereocenters. The lowest BCUT2D eigenvalue weighted by Gasteiger charge is -2.14. The molecule has 1 N–H and O–H groups in total. The van der Waals surface area contributed by atoms with Crippen molar-refractivity contribution in [2.24, 2.45) is 0 Å². The Morgan fingerprint density at radius 2 is 2.05 bits per heavy atom. The molecule has 38 heavy (non-hydrogen) atoms. The van der Waals surface area contributed by atoms with Crippen LogP contribution in [0, 0.1) is 5.82 Å². The number of H-pyrrole nitrogens is 1. The lowest BCUT2D eigenvalue weighted by molar-refractivity contribution is 0.181. The van der Waals surface area contributed by atoms with Gasteiger partial charge < -0.3 is 13.9 Å². The number of nitrogens with zero attached hydrogens (tertiary/aromatic N) is 3. The number of rotatable bonds is 5. The number of allylic oxidation sites excluding steroid dienone is 1. The molecule has 1 aliphatic rings. The van der Waals surface area contributed by atoms with Crippen LogP contribution in [0.2, 0.25) is 5.02 Å². The van der Waals surface area contributed by atoms with Gasteiger partial charge in [0.05, 0.1) is 23.0 Å². The van der Waals surface area contributed by atoms with Crippen LogP contribution in [0.5, 0.6) is 5.75 Å². The van der Waals surface area contributed by atoms with Crippen LogP contribution in [0.1, 0.15) is 46.4 Å². The Balaban J connectivity index is 1.48. The van der Waals surface area contributed by atoms with E-state index >= 15 is 0 Å². The van der Waals surface area contributed by atoms with E-state index in [-0.39, 0.29) is 6.61 Å². The van der Waals surface area contributed by atoms with Gasteiger partial charge in [0, 0.05) is 36.9 Å². The van der Waals surface area contributed by atoms with Crippen LogP contribution in [0.3, 0.4) is 0 Å². The van der Waals surface area contributed by atoms with Crippen molar-refractivity contribution in [1.82, 2.24) is 19.5 Å². The van der Waals surface area contributed by atoms with Gasteiger partial charge in [-0.05, 0) is 53.5 Å². The van der Waals surface area contributed by atoms with Crippen LogP contribution in [-0.2, 0) is 24.4 Å². The summed E-state index contributed by atoms with van der Waals surface area (Å²) in [7, 11) is 1.63. The van der Waals surface area contributed by atoms with E-state index in [1.807, 2.05) is 41.8 Å². The number of halogens is 2. The molecule has 4 heterocycles. The standard InChI is InChI=1S/C28H22ClFN4O4/c1-15(26-32-28(35)38-33-26)25-19-7-5-16(10-17(19)13-37-24-12-18(30)6-8-20(24)25)11-23-22(14-36-2)31-27-21(29)4-3-9-34(23)27/h3-10,12H,11,13-14H2,1-2H3,(H,32,33,35)/b25-15-. The zero-order valence-electron chi connectivity index (χ0n) is 20.5. The second kappa shape index (κ2) is 9.59. The molecule has 0 spiro atoms. The predicted molar refractivity (Wildman–Crippen MR) is 140 cm³/mol. The molecule has 3 aromatic heterocycles. The minimum atomic E-state index is -0.653. The maximum Gasteiger partial charge on any atom is 0.439 e. The van der Waals surface area contributed by atoms with E-state index in [0.717, 1.165) is 33.7 Å². The van der Waals surface area contributed by atoms with Gasteiger partial charge in [0.1, 0.15) is 18.2 Å². The summed E-state index contributed by atoms with van der Waals surface area (Å²) >= 11 is 6.41. The van der Waals surface area contributed by atoms with Crippen molar-refractivity contribution in [3.05, 3.63) is 116 Å². The first-order valence-electron chi connectivity index (χ1n) is 11.9. The molecule has 0 bridgehead atoms. The van der Waals surface area contributed by atoms with Crippen LogP contribution in [-0.4, -0.2) is 26.6 Å². The van der Waals surface area contributed by atoms with E-state index in [0.29, 0.717) is 46.4 Å². The molecule has 0 aliphatic carbocycles. The fourth-order valence-corrected chi connectivity index (χ4v) is 5.13. The number of nitrogens with one attached hydrogen (secondary N) is 1. The summed E-state index contributed by atoms with van der Waals surface area (Å²) in [6, 6.07) is 14.2. The molecular weight excluding hydrogens is 511 g/mol. The van der Waals surface area contributed by atoms with Crippen molar-refractivity contribution in [3.8, 4) is 5.75 Å². The van der Waals surface area contributed by atoms with Crippen LogP contribution in [0.4, 0.5) is 4.39 Å². The summed E-state index contributed by atoms with van der Waals surface area (Å²) in [6.07, 6.45) is 2.51. The topological polar surface area (TPSA) is 94.7 Å². The number of hydrogen-bond acceptors (Lipinski definition) is 6. The second-order valence-electron chi connectivity index (χ2n) is 9.03. The van der Waals surface area contributed by atoms with Gasteiger partial charge in [-0.15, -0.1) is 0 Å². The number of methoxy groups -OCH3 is 1. The minimum Gasteiger partial charge on any atom is -0.488 e. The Bertz CT molecular complexity index is 1790. The number of imidazole rings is 1. The van der Waals surface area contributed by atoms with Crippen LogP contribution in [0.25, 0.3) is 16.8 Å². The van der Waals surface area contributed by atoms with E-state index in [1.54, 1.807) is 13.2 Å². The first-order valence-corrected chi connectivity index (χ1v) is 12.3. The second-order valence-corrected chi connectivity index (χ2v) is 9.44. The van der Waals surface area contributed by atoms with E-state index in [2.05, 4.69) is 16.2 Å². The van der Waals surface area contributed by atoms with Crippen molar-refractivity contribution >= 4 is 28.4 Å².